The monoisotopic (exact) mass is 308 g/mol. The van der Waals surface area contributed by atoms with E-state index in [-0.39, 0.29) is 11.8 Å². The summed E-state index contributed by atoms with van der Waals surface area (Å²) in [7, 11) is 1.90. The van der Waals surface area contributed by atoms with Crippen molar-refractivity contribution < 1.29 is 9.90 Å². The predicted molar refractivity (Wildman–Crippen MR) is 71.6 cm³/mol. The molecule has 1 N–H and O–H groups in total. The van der Waals surface area contributed by atoms with Crippen LogP contribution >= 0.6 is 15.9 Å². The summed E-state index contributed by atoms with van der Waals surface area (Å²) in [4.78, 5) is 11.0. The topological polar surface area (TPSA) is 55.1 Å². The van der Waals surface area contributed by atoms with Crippen molar-refractivity contribution in [3.63, 3.8) is 0 Å². The zero-order valence-electron chi connectivity index (χ0n) is 9.98. The number of hydrogen-bond acceptors (Lipinski definition) is 2. The van der Waals surface area contributed by atoms with E-state index in [2.05, 4.69) is 21.0 Å². The van der Waals surface area contributed by atoms with Crippen LogP contribution in [0.25, 0.3) is 10.9 Å². The fraction of sp³-hybridized carbons (Fsp3) is 0.385. The maximum Gasteiger partial charge on any atom is 0.304 e. The number of aryl methyl sites for hydroxylation is 1. The number of nitrogens with zero attached hydrogens (tertiary/aromatic N) is 2. The van der Waals surface area contributed by atoms with Crippen molar-refractivity contribution >= 4 is 32.8 Å². The quantitative estimate of drug-likeness (QED) is 0.948. The van der Waals surface area contributed by atoms with Gasteiger partial charge in [-0.2, -0.15) is 5.10 Å². The second kappa shape index (κ2) is 3.82. The maximum absolute atomic E-state index is 11.0. The molecule has 0 saturated heterocycles. The fourth-order valence-electron chi connectivity index (χ4n) is 2.69. The van der Waals surface area contributed by atoms with E-state index in [1.165, 1.54) is 0 Å². The largest absolute Gasteiger partial charge is 0.481 e. The van der Waals surface area contributed by atoms with Gasteiger partial charge in [-0.1, -0.05) is 12.1 Å². The standard InChI is InChI=1S/C13H13BrN2O2/c1-16-9-4-2-3-8(11(9)12(14)15-16)13(5-6-13)7-10(17)18/h2-4H,5-7H2,1H3,(H,17,18). The third-order valence-corrected chi connectivity index (χ3v) is 4.30. The molecule has 18 heavy (non-hydrogen) atoms. The van der Waals surface area contributed by atoms with Gasteiger partial charge in [0.2, 0.25) is 0 Å². The first-order valence-corrected chi connectivity index (χ1v) is 6.66. The number of hydrogen-bond donors (Lipinski definition) is 1. The minimum atomic E-state index is -0.732. The van der Waals surface area contributed by atoms with Crippen LogP contribution in [0.1, 0.15) is 24.8 Å². The Kier molecular flexibility index (Phi) is 2.48. The Bertz CT molecular complexity index is 644. The van der Waals surface area contributed by atoms with E-state index in [1.54, 1.807) is 0 Å². The fourth-order valence-corrected chi connectivity index (χ4v) is 3.34. The molecule has 94 valence electrons. The van der Waals surface area contributed by atoms with E-state index < -0.39 is 5.97 Å². The molecule has 4 nitrogen and oxygen atoms in total. The van der Waals surface area contributed by atoms with Gasteiger partial charge in [0, 0.05) is 17.8 Å². The first-order valence-electron chi connectivity index (χ1n) is 5.87. The van der Waals surface area contributed by atoms with Crippen LogP contribution in [0.4, 0.5) is 0 Å². The minimum absolute atomic E-state index is 0.184. The number of carboxylic acids is 1. The highest BCUT2D eigenvalue weighted by atomic mass is 79.9. The molecule has 5 heteroatoms. The molecule has 3 rings (SSSR count). The zero-order valence-corrected chi connectivity index (χ0v) is 11.6. The normalized spacial score (nSPS) is 17.0. The summed E-state index contributed by atoms with van der Waals surface area (Å²) >= 11 is 3.48. The van der Waals surface area contributed by atoms with Gasteiger partial charge in [0.25, 0.3) is 0 Å². The SMILES string of the molecule is Cn1nc(Br)c2c(C3(CC(=O)O)CC3)cccc21. The van der Waals surface area contributed by atoms with E-state index in [0.29, 0.717) is 0 Å². The molecule has 1 heterocycles. The van der Waals surface area contributed by atoms with Crippen LogP contribution < -0.4 is 0 Å². The Balaban J connectivity index is 2.21. The summed E-state index contributed by atoms with van der Waals surface area (Å²) in [5, 5.41) is 14.5. The maximum atomic E-state index is 11.0. The molecule has 1 aliphatic rings. The molecule has 0 aliphatic heterocycles. The van der Waals surface area contributed by atoms with Gasteiger partial charge < -0.3 is 5.11 Å². The highest BCUT2D eigenvalue weighted by Gasteiger charge is 2.47. The van der Waals surface area contributed by atoms with Crippen molar-refractivity contribution in [2.45, 2.75) is 24.7 Å². The van der Waals surface area contributed by atoms with E-state index in [0.717, 1.165) is 33.9 Å². The molecule has 0 unspecified atom stereocenters. The summed E-state index contributed by atoms with van der Waals surface area (Å²) in [6, 6.07) is 6.02. The number of carbonyl (C=O) groups is 1. The summed E-state index contributed by atoms with van der Waals surface area (Å²) in [5.74, 6) is -0.732. The second-order valence-electron chi connectivity index (χ2n) is 4.96. The Morgan fingerprint density at radius 2 is 2.28 bits per heavy atom. The summed E-state index contributed by atoms with van der Waals surface area (Å²) in [6.07, 6.45) is 2.09. The van der Waals surface area contributed by atoms with E-state index in [4.69, 9.17) is 5.11 Å². The van der Waals surface area contributed by atoms with Gasteiger partial charge in [-0.05, 0) is 40.4 Å². The van der Waals surface area contributed by atoms with Crippen LogP contribution in [-0.4, -0.2) is 20.9 Å². The van der Waals surface area contributed by atoms with Gasteiger partial charge in [0.1, 0.15) is 4.60 Å². The molecule has 1 aromatic carbocycles. The van der Waals surface area contributed by atoms with E-state index >= 15 is 0 Å². The molecule has 0 atom stereocenters. The van der Waals surface area contributed by atoms with E-state index in [1.807, 2.05) is 29.9 Å². The summed E-state index contributed by atoms with van der Waals surface area (Å²) in [6.45, 7) is 0. The van der Waals surface area contributed by atoms with Crippen LogP contribution in [0.5, 0.6) is 0 Å². The van der Waals surface area contributed by atoms with Crippen LogP contribution in [0.2, 0.25) is 0 Å². The van der Waals surface area contributed by atoms with Crippen molar-refractivity contribution in [3.8, 4) is 0 Å². The van der Waals surface area contributed by atoms with Gasteiger partial charge in [-0.15, -0.1) is 0 Å². The lowest BCUT2D eigenvalue weighted by molar-refractivity contribution is -0.137. The van der Waals surface area contributed by atoms with Gasteiger partial charge >= 0.3 is 5.97 Å². The molecular weight excluding hydrogens is 296 g/mol. The van der Waals surface area contributed by atoms with Crippen LogP contribution in [0, 0.1) is 0 Å². The molecule has 2 aromatic rings. The number of aromatic nitrogens is 2. The zero-order chi connectivity index (χ0) is 12.9. The van der Waals surface area contributed by atoms with Crippen LogP contribution in [0.15, 0.2) is 22.8 Å². The Labute approximate surface area is 113 Å². The van der Waals surface area contributed by atoms with Gasteiger partial charge in [-0.25, -0.2) is 0 Å². The smallest absolute Gasteiger partial charge is 0.304 e. The summed E-state index contributed by atoms with van der Waals surface area (Å²) < 4.78 is 2.62. The van der Waals surface area contributed by atoms with Gasteiger partial charge in [0.05, 0.1) is 11.9 Å². The Morgan fingerprint density at radius 3 is 2.89 bits per heavy atom. The van der Waals surface area contributed by atoms with Crippen molar-refractivity contribution in [1.29, 1.82) is 0 Å². The third kappa shape index (κ3) is 1.65. The first kappa shape index (κ1) is 11.7. The van der Waals surface area contributed by atoms with Crippen molar-refractivity contribution in [2.75, 3.05) is 0 Å². The third-order valence-electron chi connectivity index (χ3n) is 3.75. The number of carboxylic acid groups (broad SMARTS) is 1. The number of benzene rings is 1. The molecule has 1 aliphatic carbocycles. The van der Waals surface area contributed by atoms with Crippen molar-refractivity contribution in [3.05, 3.63) is 28.4 Å². The lowest BCUT2D eigenvalue weighted by Gasteiger charge is -2.14. The second-order valence-corrected chi connectivity index (χ2v) is 5.72. The molecule has 0 radical (unpaired) electrons. The highest BCUT2D eigenvalue weighted by molar-refractivity contribution is 9.10. The molecular formula is C13H13BrN2O2. The molecule has 1 saturated carbocycles. The Morgan fingerprint density at radius 1 is 1.56 bits per heavy atom. The van der Waals surface area contributed by atoms with E-state index in [9.17, 15) is 4.79 Å². The lowest BCUT2D eigenvalue weighted by atomic mass is 9.90. The predicted octanol–water partition coefficient (Wildman–Crippen LogP) is 2.84. The van der Waals surface area contributed by atoms with Gasteiger partial charge in [-0.3, -0.25) is 9.48 Å². The number of aliphatic carboxylic acids is 1. The molecule has 0 amide bonds. The molecule has 1 fully saturated rings. The van der Waals surface area contributed by atoms with Gasteiger partial charge in [0.15, 0.2) is 0 Å². The molecule has 0 spiro atoms. The van der Waals surface area contributed by atoms with Crippen molar-refractivity contribution in [1.82, 2.24) is 9.78 Å². The van der Waals surface area contributed by atoms with Crippen LogP contribution in [-0.2, 0) is 17.3 Å². The average Bonchev–Trinajstić information content (AvgIpc) is 3.01. The average molecular weight is 309 g/mol. The number of fused-ring (bicyclic) bond motifs is 1. The number of rotatable bonds is 3. The lowest BCUT2D eigenvalue weighted by Crippen LogP contribution is -2.13. The van der Waals surface area contributed by atoms with Crippen molar-refractivity contribution in [2.24, 2.45) is 7.05 Å². The van der Waals surface area contributed by atoms with Crippen LogP contribution in [0.3, 0.4) is 0 Å². The first-order chi connectivity index (χ1) is 8.53. The molecule has 0 bridgehead atoms. The summed E-state index contributed by atoms with van der Waals surface area (Å²) in [5.41, 5.74) is 1.97. The number of halogens is 1. The highest BCUT2D eigenvalue weighted by Crippen LogP contribution is 2.53. The Hall–Kier alpha value is -1.36. The minimum Gasteiger partial charge on any atom is -0.481 e. The molecule has 1 aromatic heterocycles.